The highest BCUT2D eigenvalue weighted by Gasteiger charge is 2.30. The van der Waals surface area contributed by atoms with E-state index in [2.05, 4.69) is 0 Å². The number of hydrogen-bond acceptors (Lipinski definition) is 2. The highest BCUT2D eigenvalue weighted by Crippen LogP contribution is 2.30. The summed E-state index contributed by atoms with van der Waals surface area (Å²) in [7, 11) is 0. The van der Waals surface area contributed by atoms with Crippen LogP contribution < -0.4 is 11.3 Å². The minimum absolute atomic E-state index is 0.0235. The van der Waals surface area contributed by atoms with E-state index in [0.29, 0.717) is 5.69 Å². The first-order valence-corrected chi connectivity index (χ1v) is 5.92. The molecule has 1 aromatic heterocycles. The average molecular weight is 296 g/mol. The highest BCUT2D eigenvalue weighted by molar-refractivity contribution is 5.92. The van der Waals surface area contributed by atoms with Gasteiger partial charge in [0.1, 0.15) is 5.56 Å². The van der Waals surface area contributed by atoms with Gasteiger partial charge in [-0.25, -0.2) is 0 Å². The van der Waals surface area contributed by atoms with E-state index < -0.39 is 23.2 Å². The van der Waals surface area contributed by atoms with Crippen molar-refractivity contribution in [3.63, 3.8) is 0 Å². The predicted molar refractivity (Wildman–Crippen MR) is 70.3 cm³/mol. The van der Waals surface area contributed by atoms with Gasteiger partial charge in [-0.1, -0.05) is 6.07 Å². The van der Waals surface area contributed by atoms with E-state index in [0.717, 1.165) is 16.7 Å². The van der Waals surface area contributed by atoms with E-state index in [1.807, 2.05) is 0 Å². The summed E-state index contributed by atoms with van der Waals surface area (Å²) < 4.78 is 39.2. The van der Waals surface area contributed by atoms with Crippen molar-refractivity contribution >= 4 is 5.91 Å². The van der Waals surface area contributed by atoms with Crippen molar-refractivity contribution < 1.29 is 18.0 Å². The Morgan fingerprint density at radius 3 is 2.43 bits per heavy atom. The molecule has 0 saturated carbocycles. The summed E-state index contributed by atoms with van der Waals surface area (Å²) in [6.45, 7) is 1.55. The lowest BCUT2D eigenvalue weighted by Crippen LogP contribution is -2.29. The molecule has 2 N–H and O–H groups in total. The van der Waals surface area contributed by atoms with Crippen LogP contribution in [0.3, 0.4) is 0 Å². The topological polar surface area (TPSA) is 65.1 Å². The lowest BCUT2D eigenvalue weighted by Gasteiger charge is -2.13. The second-order valence-electron chi connectivity index (χ2n) is 4.44. The Kier molecular flexibility index (Phi) is 3.59. The zero-order valence-electron chi connectivity index (χ0n) is 10.9. The number of amides is 1. The molecule has 7 heteroatoms. The first-order valence-electron chi connectivity index (χ1n) is 5.92. The number of nitrogens with zero attached hydrogens (tertiary/aromatic N) is 1. The van der Waals surface area contributed by atoms with Gasteiger partial charge in [-0.2, -0.15) is 13.2 Å². The fraction of sp³-hybridized carbons (Fsp3) is 0.143. The Balaban J connectivity index is 2.71. The molecule has 0 unspecified atom stereocenters. The Bertz CT molecular complexity index is 764. The number of aromatic nitrogens is 1. The Hall–Kier alpha value is -2.57. The van der Waals surface area contributed by atoms with Gasteiger partial charge in [-0.3, -0.25) is 14.2 Å². The zero-order chi connectivity index (χ0) is 15.8. The van der Waals surface area contributed by atoms with Gasteiger partial charge >= 0.3 is 6.18 Å². The van der Waals surface area contributed by atoms with Gasteiger partial charge in [-0.15, -0.1) is 0 Å². The lowest BCUT2D eigenvalue weighted by atomic mass is 10.1. The predicted octanol–water partition coefficient (Wildman–Crippen LogP) is 2.26. The van der Waals surface area contributed by atoms with E-state index in [1.54, 1.807) is 6.92 Å². The Morgan fingerprint density at radius 1 is 1.19 bits per heavy atom. The molecule has 0 fully saturated rings. The molecule has 0 atom stereocenters. The number of aryl methyl sites for hydroxylation is 1. The third-order valence-corrected chi connectivity index (χ3v) is 2.97. The third-order valence-electron chi connectivity index (χ3n) is 2.97. The number of carbonyl (C=O) groups excluding carboxylic acids is 1. The van der Waals surface area contributed by atoms with Gasteiger partial charge in [0.25, 0.3) is 11.5 Å². The number of nitrogens with two attached hydrogens (primary N) is 1. The summed E-state index contributed by atoms with van der Waals surface area (Å²) in [6.07, 6.45) is -4.52. The Labute approximate surface area is 117 Å². The second kappa shape index (κ2) is 5.08. The van der Waals surface area contributed by atoms with Crippen molar-refractivity contribution in [2.45, 2.75) is 13.1 Å². The molecule has 2 aromatic rings. The van der Waals surface area contributed by atoms with E-state index in [9.17, 15) is 22.8 Å². The number of rotatable bonds is 2. The number of halogens is 3. The normalized spacial score (nSPS) is 11.4. The number of primary amides is 1. The van der Waals surface area contributed by atoms with Crippen molar-refractivity contribution in [3.8, 4) is 5.69 Å². The molecule has 0 bridgehead atoms. The van der Waals surface area contributed by atoms with Crippen LogP contribution in [0.4, 0.5) is 13.2 Å². The van der Waals surface area contributed by atoms with Crippen LogP contribution in [-0.2, 0) is 6.18 Å². The summed E-state index contributed by atoms with van der Waals surface area (Å²) in [5.41, 5.74) is 3.59. The van der Waals surface area contributed by atoms with Crippen molar-refractivity contribution in [3.05, 3.63) is 63.6 Å². The van der Waals surface area contributed by atoms with E-state index in [-0.39, 0.29) is 11.3 Å². The molecular weight excluding hydrogens is 285 g/mol. The molecule has 1 aromatic carbocycles. The largest absolute Gasteiger partial charge is 0.416 e. The number of benzene rings is 1. The van der Waals surface area contributed by atoms with Crippen LogP contribution >= 0.6 is 0 Å². The van der Waals surface area contributed by atoms with Crippen LogP contribution in [0.15, 0.2) is 41.2 Å². The first-order chi connectivity index (χ1) is 9.71. The number of hydrogen-bond donors (Lipinski definition) is 1. The van der Waals surface area contributed by atoms with Gasteiger partial charge in [0, 0.05) is 11.4 Å². The second-order valence-corrected chi connectivity index (χ2v) is 4.44. The molecule has 0 aliphatic heterocycles. The summed E-state index contributed by atoms with van der Waals surface area (Å²) >= 11 is 0. The van der Waals surface area contributed by atoms with Crippen LogP contribution in [-0.4, -0.2) is 10.5 Å². The standard InChI is InChI=1S/C14H11F3N2O2/c1-8-5-6-11(12(18)20)13(21)19(8)10-4-2-3-9(7-10)14(15,16)17/h2-7H,1H3,(H2,18,20). The van der Waals surface area contributed by atoms with Gasteiger partial charge in [-0.05, 0) is 37.3 Å². The smallest absolute Gasteiger partial charge is 0.365 e. The van der Waals surface area contributed by atoms with Crippen molar-refractivity contribution in [2.75, 3.05) is 0 Å². The van der Waals surface area contributed by atoms with Crippen molar-refractivity contribution in [2.24, 2.45) is 5.73 Å². The Morgan fingerprint density at radius 2 is 1.86 bits per heavy atom. The average Bonchev–Trinajstić information content (AvgIpc) is 2.37. The maximum Gasteiger partial charge on any atom is 0.416 e. The molecule has 0 aliphatic rings. The van der Waals surface area contributed by atoms with Gasteiger partial charge in [0.05, 0.1) is 5.56 Å². The minimum Gasteiger partial charge on any atom is -0.365 e. The highest BCUT2D eigenvalue weighted by atomic mass is 19.4. The minimum atomic E-state index is -4.52. The van der Waals surface area contributed by atoms with E-state index in [4.69, 9.17) is 5.73 Å². The summed E-state index contributed by atoms with van der Waals surface area (Å²) in [4.78, 5) is 23.3. The quantitative estimate of drug-likeness (QED) is 0.924. The van der Waals surface area contributed by atoms with E-state index >= 15 is 0 Å². The van der Waals surface area contributed by atoms with Crippen LogP contribution in [0.25, 0.3) is 5.69 Å². The van der Waals surface area contributed by atoms with Crippen LogP contribution in [0.1, 0.15) is 21.6 Å². The molecule has 0 spiro atoms. The van der Waals surface area contributed by atoms with Gasteiger partial charge in [0.2, 0.25) is 0 Å². The fourth-order valence-electron chi connectivity index (χ4n) is 1.96. The third kappa shape index (κ3) is 2.81. The molecule has 1 heterocycles. The summed E-state index contributed by atoms with van der Waals surface area (Å²) in [5.74, 6) is -0.930. The lowest BCUT2D eigenvalue weighted by molar-refractivity contribution is -0.137. The molecule has 1 amide bonds. The summed E-state index contributed by atoms with van der Waals surface area (Å²) in [6, 6.07) is 7.00. The maximum atomic E-state index is 12.7. The SMILES string of the molecule is Cc1ccc(C(N)=O)c(=O)n1-c1cccc(C(F)(F)F)c1. The monoisotopic (exact) mass is 296 g/mol. The molecule has 0 radical (unpaired) electrons. The number of pyridine rings is 1. The number of alkyl halides is 3. The maximum absolute atomic E-state index is 12.7. The van der Waals surface area contributed by atoms with Crippen LogP contribution in [0.2, 0.25) is 0 Å². The molecular formula is C14H11F3N2O2. The number of carbonyl (C=O) groups is 1. The van der Waals surface area contributed by atoms with E-state index in [1.165, 1.54) is 24.3 Å². The molecule has 2 rings (SSSR count). The first kappa shape index (κ1) is 14.8. The van der Waals surface area contributed by atoms with Crippen LogP contribution in [0, 0.1) is 6.92 Å². The summed E-state index contributed by atoms with van der Waals surface area (Å²) in [5, 5.41) is 0. The molecule has 21 heavy (non-hydrogen) atoms. The molecule has 110 valence electrons. The van der Waals surface area contributed by atoms with Crippen molar-refractivity contribution in [1.29, 1.82) is 0 Å². The molecule has 0 saturated heterocycles. The molecule has 0 aliphatic carbocycles. The fourth-order valence-corrected chi connectivity index (χ4v) is 1.96. The van der Waals surface area contributed by atoms with Crippen LogP contribution in [0.5, 0.6) is 0 Å². The van der Waals surface area contributed by atoms with Gasteiger partial charge in [0.15, 0.2) is 0 Å². The molecule has 4 nitrogen and oxygen atoms in total. The zero-order valence-corrected chi connectivity index (χ0v) is 10.9. The van der Waals surface area contributed by atoms with Crippen molar-refractivity contribution in [1.82, 2.24) is 4.57 Å². The van der Waals surface area contributed by atoms with Gasteiger partial charge < -0.3 is 5.73 Å².